The average molecular weight is 277 g/mol. The van der Waals surface area contributed by atoms with Crippen molar-refractivity contribution >= 4 is 10.9 Å². The van der Waals surface area contributed by atoms with E-state index in [0.29, 0.717) is 0 Å². The van der Waals surface area contributed by atoms with E-state index < -0.39 is 0 Å². The second-order valence-corrected chi connectivity index (χ2v) is 6.07. The summed E-state index contributed by atoms with van der Waals surface area (Å²) in [6, 6.07) is 15.1. The maximum Gasteiger partial charge on any atom is 0.0585 e. The molecule has 3 aromatic rings. The van der Waals surface area contributed by atoms with Crippen molar-refractivity contribution in [2.24, 2.45) is 0 Å². The molecule has 0 spiro atoms. The fourth-order valence-electron chi connectivity index (χ4n) is 3.40. The van der Waals surface area contributed by atoms with Crippen molar-refractivity contribution in [3.8, 4) is 11.1 Å². The molecule has 4 rings (SSSR count). The van der Waals surface area contributed by atoms with E-state index in [4.69, 9.17) is 0 Å². The third kappa shape index (κ3) is 2.07. The van der Waals surface area contributed by atoms with Gasteiger partial charge in [0.25, 0.3) is 0 Å². The van der Waals surface area contributed by atoms with Crippen LogP contribution in [0.25, 0.3) is 22.0 Å². The molecule has 0 saturated carbocycles. The normalized spacial score (nSPS) is 17.9. The lowest BCUT2D eigenvalue weighted by Gasteiger charge is -2.17. The number of aromatic amines is 1. The predicted molar refractivity (Wildman–Crippen MR) is 86.5 cm³/mol. The van der Waals surface area contributed by atoms with Gasteiger partial charge in [0.15, 0.2) is 0 Å². The highest BCUT2D eigenvalue weighted by molar-refractivity contribution is 5.97. The Labute approximate surface area is 124 Å². The summed E-state index contributed by atoms with van der Waals surface area (Å²) in [5.74, 6) is 0. The van der Waals surface area contributed by atoms with Crippen LogP contribution >= 0.6 is 0 Å². The number of hydrogen-bond acceptors (Lipinski definition) is 1. The number of aryl methyl sites for hydroxylation is 2. The monoisotopic (exact) mass is 277 g/mol. The van der Waals surface area contributed by atoms with E-state index in [1.807, 2.05) is 0 Å². The molecule has 0 fully saturated rings. The number of benzene rings is 2. The molecule has 0 saturated heterocycles. The molecule has 1 unspecified atom stereocenters. The van der Waals surface area contributed by atoms with Gasteiger partial charge in [0.1, 0.15) is 0 Å². The van der Waals surface area contributed by atoms with Gasteiger partial charge in [-0.2, -0.15) is 0 Å². The molecule has 2 N–H and O–H groups in total. The van der Waals surface area contributed by atoms with Crippen LogP contribution in [0, 0.1) is 6.92 Å². The molecular formula is C19H19NO. The second kappa shape index (κ2) is 4.74. The lowest BCUT2D eigenvalue weighted by atomic mass is 9.92. The van der Waals surface area contributed by atoms with Crippen molar-refractivity contribution in [3.63, 3.8) is 0 Å². The van der Waals surface area contributed by atoms with Gasteiger partial charge in [0.05, 0.1) is 11.6 Å². The van der Waals surface area contributed by atoms with Gasteiger partial charge in [-0.15, -0.1) is 0 Å². The van der Waals surface area contributed by atoms with E-state index in [-0.39, 0.29) is 6.10 Å². The van der Waals surface area contributed by atoms with Crippen LogP contribution in [0.5, 0.6) is 0 Å². The summed E-state index contributed by atoms with van der Waals surface area (Å²) in [6.45, 7) is 2.11. The van der Waals surface area contributed by atoms with Crippen LogP contribution in [-0.2, 0) is 12.8 Å². The third-order valence-corrected chi connectivity index (χ3v) is 4.56. The Morgan fingerprint density at radius 2 is 1.90 bits per heavy atom. The fraction of sp³-hybridized carbons (Fsp3) is 0.263. The van der Waals surface area contributed by atoms with Gasteiger partial charge in [-0.1, -0.05) is 48.0 Å². The number of hydrogen-bond donors (Lipinski definition) is 2. The summed E-state index contributed by atoms with van der Waals surface area (Å²) < 4.78 is 0. The number of nitrogens with one attached hydrogen (secondary N) is 1. The van der Waals surface area contributed by atoms with Crippen LogP contribution in [0.15, 0.2) is 42.5 Å². The molecule has 2 aromatic carbocycles. The zero-order valence-electron chi connectivity index (χ0n) is 12.2. The molecule has 21 heavy (non-hydrogen) atoms. The molecule has 0 radical (unpaired) electrons. The highest BCUT2D eigenvalue weighted by Crippen LogP contribution is 2.34. The lowest BCUT2D eigenvalue weighted by molar-refractivity contribution is 0.158. The highest BCUT2D eigenvalue weighted by Gasteiger charge is 2.21. The van der Waals surface area contributed by atoms with Gasteiger partial charge in [0, 0.05) is 23.1 Å². The minimum atomic E-state index is -0.195. The Kier molecular flexibility index (Phi) is 2.86. The fourth-order valence-corrected chi connectivity index (χ4v) is 3.40. The summed E-state index contributed by atoms with van der Waals surface area (Å²) in [5.41, 5.74) is 7.58. The minimum Gasteiger partial charge on any atom is -0.393 e. The summed E-state index contributed by atoms with van der Waals surface area (Å²) in [7, 11) is 0. The predicted octanol–water partition coefficient (Wildman–Crippen LogP) is 3.99. The molecule has 1 aliphatic carbocycles. The standard InChI is InChI=1S/C19H19NO/c1-12-5-7-13(8-6-12)15-3-2-4-16-17-11-14(21)9-10-18(17)20-19(15)16/h2-8,14,20-21H,9-11H2,1H3. The van der Waals surface area contributed by atoms with E-state index in [2.05, 4.69) is 54.4 Å². The quantitative estimate of drug-likeness (QED) is 0.693. The van der Waals surface area contributed by atoms with Gasteiger partial charge in [-0.05, 0) is 30.9 Å². The lowest BCUT2D eigenvalue weighted by Crippen LogP contribution is -2.17. The van der Waals surface area contributed by atoms with Gasteiger partial charge in [-0.3, -0.25) is 0 Å². The zero-order chi connectivity index (χ0) is 14.4. The molecule has 0 bridgehead atoms. The summed E-state index contributed by atoms with van der Waals surface area (Å²) >= 11 is 0. The Morgan fingerprint density at radius 3 is 2.71 bits per heavy atom. The van der Waals surface area contributed by atoms with Crippen molar-refractivity contribution in [1.29, 1.82) is 0 Å². The number of aliphatic hydroxyl groups excluding tert-OH is 1. The van der Waals surface area contributed by atoms with Crippen LogP contribution in [0.4, 0.5) is 0 Å². The highest BCUT2D eigenvalue weighted by atomic mass is 16.3. The van der Waals surface area contributed by atoms with E-state index in [9.17, 15) is 5.11 Å². The van der Waals surface area contributed by atoms with Gasteiger partial charge < -0.3 is 10.1 Å². The summed E-state index contributed by atoms with van der Waals surface area (Å²) in [6.07, 6.45) is 2.38. The largest absolute Gasteiger partial charge is 0.393 e. The maximum atomic E-state index is 9.94. The van der Waals surface area contributed by atoms with Gasteiger partial charge >= 0.3 is 0 Å². The molecular weight excluding hydrogens is 258 g/mol. The SMILES string of the molecule is Cc1ccc(-c2cccc3c4c([nH]c23)CCC(O)C4)cc1. The van der Waals surface area contributed by atoms with E-state index in [1.165, 1.54) is 38.9 Å². The molecule has 0 amide bonds. The summed E-state index contributed by atoms with van der Waals surface area (Å²) in [4.78, 5) is 3.61. The van der Waals surface area contributed by atoms with Crippen molar-refractivity contribution in [1.82, 2.24) is 4.98 Å². The molecule has 106 valence electrons. The second-order valence-electron chi connectivity index (χ2n) is 6.07. The number of aliphatic hydroxyl groups is 1. The smallest absolute Gasteiger partial charge is 0.0585 e. The topological polar surface area (TPSA) is 36.0 Å². The first-order valence-corrected chi connectivity index (χ1v) is 7.60. The van der Waals surface area contributed by atoms with E-state index in [0.717, 1.165) is 19.3 Å². The van der Waals surface area contributed by atoms with Crippen LogP contribution in [0.3, 0.4) is 0 Å². The van der Waals surface area contributed by atoms with Gasteiger partial charge in [-0.25, -0.2) is 0 Å². The maximum absolute atomic E-state index is 9.94. The number of fused-ring (bicyclic) bond motifs is 3. The van der Waals surface area contributed by atoms with Crippen LogP contribution in [0.2, 0.25) is 0 Å². The molecule has 1 aromatic heterocycles. The Hall–Kier alpha value is -2.06. The van der Waals surface area contributed by atoms with E-state index >= 15 is 0 Å². The Morgan fingerprint density at radius 1 is 1.10 bits per heavy atom. The van der Waals surface area contributed by atoms with E-state index in [1.54, 1.807) is 0 Å². The van der Waals surface area contributed by atoms with Crippen LogP contribution in [-0.4, -0.2) is 16.2 Å². The molecule has 1 heterocycles. The molecule has 1 aliphatic rings. The van der Waals surface area contributed by atoms with Gasteiger partial charge in [0.2, 0.25) is 0 Å². The number of rotatable bonds is 1. The Bertz CT molecular complexity index is 798. The Balaban J connectivity index is 1.93. The van der Waals surface area contributed by atoms with Crippen LogP contribution < -0.4 is 0 Å². The minimum absolute atomic E-state index is 0.195. The van der Waals surface area contributed by atoms with Crippen molar-refractivity contribution in [3.05, 3.63) is 59.3 Å². The van der Waals surface area contributed by atoms with Crippen molar-refractivity contribution in [2.45, 2.75) is 32.3 Å². The number of aromatic nitrogens is 1. The third-order valence-electron chi connectivity index (χ3n) is 4.56. The molecule has 0 aliphatic heterocycles. The van der Waals surface area contributed by atoms with Crippen molar-refractivity contribution in [2.75, 3.05) is 0 Å². The first-order chi connectivity index (χ1) is 10.2. The van der Waals surface area contributed by atoms with Crippen molar-refractivity contribution < 1.29 is 5.11 Å². The average Bonchev–Trinajstić information content (AvgIpc) is 2.86. The summed E-state index contributed by atoms with van der Waals surface area (Å²) in [5, 5.41) is 11.2. The van der Waals surface area contributed by atoms with Crippen LogP contribution in [0.1, 0.15) is 23.2 Å². The molecule has 2 heteroatoms. The molecule has 2 nitrogen and oxygen atoms in total. The zero-order valence-corrected chi connectivity index (χ0v) is 12.2. The first-order valence-electron chi connectivity index (χ1n) is 7.60. The number of para-hydroxylation sites is 1. The molecule has 1 atom stereocenters. The number of H-pyrrole nitrogens is 1. The first kappa shape index (κ1) is 12.7.